The quantitative estimate of drug-likeness (QED) is 0.565. The first-order valence-corrected chi connectivity index (χ1v) is 9.19. The summed E-state index contributed by atoms with van der Waals surface area (Å²) in [7, 11) is 5.38. The SMILES string of the molecule is COC(=O)c1ccc(Nc2cc(-c3ccccn3)nc(NCCN(C)C)n2)cc1. The van der Waals surface area contributed by atoms with E-state index in [0.29, 0.717) is 29.6 Å². The first-order chi connectivity index (χ1) is 14.0. The van der Waals surface area contributed by atoms with E-state index in [-0.39, 0.29) is 5.97 Å². The highest BCUT2D eigenvalue weighted by Crippen LogP contribution is 2.22. The van der Waals surface area contributed by atoms with Crippen LogP contribution in [0.4, 0.5) is 17.5 Å². The van der Waals surface area contributed by atoms with Gasteiger partial charge in [0.1, 0.15) is 5.82 Å². The number of aromatic nitrogens is 3. The monoisotopic (exact) mass is 392 g/mol. The molecule has 2 heterocycles. The maximum absolute atomic E-state index is 11.6. The standard InChI is InChI=1S/C21H24N6O2/c1-27(2)13-12-23-21-25-18(17-6-4-5-11-22-17)14-19(26-21)24-16-9-7-15(8-10-16)20(28)29-3/h4-11,14H,12-13H2,1-3H3,(H2,23,24,25,26). The number of benzene rings is 1. The van der Waals surface area contributed by atoms with E-state index in [4.69, 9.17) is 4.74 Å². The van der Waals surface area contributed by atoms with Gasteiger partial charge in [-0.05, 0) is 50.5 Å². The minimum absolute atomic E-state index is 0.372. The third kappa shape index (κ3) is 5.73. The summed E-state index contributed by atoms with van der Waals surface area (Å²) in [5.41, 5.74) is 2.75. The number of carbonyl (C=O) groups is 1. The van der Waals surface area contributed by atoms with Gasteiger partial charge in [0.15, 0.2) is 0 Å². The molecule has 150 valence electrons. The fourth-order valence-electron chi connectivity index (χ4n) is 2.58. The molecule has 0 spiro atoms. The summed E-state index contributed by atoms with van der Waals surface area (Å²) in [6.45, 7) is 1.57. The van der Waals surface area contributed by atoms with Crippen molar-refractivity contribution in [1.29, 1.82) is 0 Å². The number of methoxy groups -OCH3 is 1. The fourth-order valence-corrected chi connectivity index (χ4v) is 2.58. The van der Waals surface area contributed by atoms with Crippen molar-refractivity contribution in [2.75, 3.05) is 44.9 Å². The van der Waals surface area contributed by atoms with E-state index in [9.17, 15) is 4.79 Å². The molecule has 0 fully saturated rings. The van der Waals surface area contributed by atoms with Gasteiger partial charge in [-0.25, -0.2) is 9.78 Å². The second-order valence-corrected chi connectivity index (χ2v) is 6.60. The summed E-state index contributed by atoms with van der Waals surface area (Å²) in [4.78, 5) is 27.2. The molecule has 0 bridgehead atoms. The lowest BCUT2D eigenvalue weighted by Crippen LogP contribution is -2.21. The summed E-state index contributed by atoms with van der Waals surface area (Å²) in [5.74, 6) is 0.769. The van der Waals surface area contributed by atoms with E-state index >= 15 is 0 Å². The lowest BCUT2D eigenvalue weighted by molar-refractivity contribution is 0.0601. The van der Waals surface area contributed by atoms with Gasteiger partial charge in [-0.15, -0.1) is 0 Å². The highest BCUT2D eigenvalue weighted by molar-refractivity contribution is 5.89. The molecule has 3 rings (SSSR count). The summed E-state index contributed by atoms with van der Waals surface area (Å²) < 4.78 is 4.73. The molecule has 1 aromatic carbocycles. The first kappa shape index (κ1) is 20.2. The number of ether oxygens (including phenoxy) is 1. The second-order valence-electron chi connectivity index (χ2n) is 6.60. The van der Waals surface area contributed by atoms with Crippen LogP contribution in [0, 0.1) is 0 Å². The van der Waals surface area contributed by atoms with Gasteiger partial charge in [0.05, 0.1) is 24.1 Å². The largest absolute Gasteiger partial charge is 0.465 e. The van der Waals surface area contributed by atoms with Crippen LogP contribution in [-0.4, -0.2) is 60.1 Å². The third-order valence-electron chi connectivity index (χ3n) is 4.07. The Bertz CT molecular complexity index is 945. The van der Waals surface area contributed by atoms with E-state index in [2.05, 4.69) is 30.5 Å². The Morgan fingerprint density at radius 2 is 1.86 bits per heavy atom. The van der Waals surface area contributed by atoms with E-state index in [0.717, 1.165) is 17.9 Å². The lowest BCUT2D eigenvalue weighted by Gasteiger charge is -2.13. The van der Waals surface area contributed by atoms with Crippen LogP contribution in [0.15, 0.2) is 54.7 Å². The first-order valence-electron chi connectivity index (χ1n) is 9.19. The van der Waals surface area contributed by atoms with Crippen LogP contribution < -0.4 is 10.6 Å². The minimum atomic E-state index is -0.372. The Morgan fingerprint density at radius 1 is 1.07 bits per heavy atom. The van der Waals surface area contributed by atoms with E-state index in [1.807, 2.05) is 38.4 Å². The number of likely N-dealkylation sites (N-methyl/N-ethyl adjacent to an activating group) is 1. The van der Waals surface area contributed by atoms with Gasteiger partial charge in [-0.3, -0.25) is 4.98 Å². The molecular weight excluding hydrogens is 368 g/mol. The zero-order valence-electron chi connectivity index (χ0n) is 16.7. The lowest BCUT2D eigenvalue weighted by atomic mass is 10.2. The number of pyridine rings is 1. The molecule has 0 unspecified atom stereocenters. The van der Waals surface area contributed by atoms with Gasteiger partial charge >= 0.3 is 5.97 Å². The van der Waals surface area contributed by atoms with Crippen molar-refractivity contribution in [2.45, 2.75) is 0 Å². The predicted molar refractivity (Wildman–Crippen MR) is 113 cm³/mol. The van der Waals surface area contributed by atoms with Crippen molar-refractivity contribution in [3.63, 3.8) is 0 Å². The molecule has 0 aliphatic carbocycles. The van der Waals surface area contributed by atoms with Gasteiger partial charge < -0.3 is 20.3 Å². The van der Waals surface area contributed by atoms with Gasteiger partial charge in [-0.1, -0.05) is 6.07 Å². The van der Waals surface area contributed by atoms with Crippen LogP contribution in [0.25, 0.3) is 11.4 Å². The molecule has 0 radical (unpaired) electrons. The normalized spacial score (nSPS) is 10.6. The highest BCUT2D eigenvalue weighted by Gasteiger charge is 2.09. The zero-order chi connectivity index (χ0) is 20.6. The molecule has 0 amide bonds. The van der Waals surface area contributed by atoms with Crippen molar-refractivity contribution in [3.05, 3.63) is 60.3 Å². The Morgan fingerprint density at radius 3 is 2.52 bits per heavy atom. The smallest absolute Gasteiger partial charge is 0.337 e. The Labute approximate surface area is 170 Å². The number of nitrogens with zero attached hydrogens (tertiary/aromatic N) is 4. The Kier molecular flexibility index (Phi) is 6.70. The van der Waals surface area contributed by atoms with E-state index in [1.165, 1.54) is 7.11 Å². The molecule has 0 atom stereocenters. The number of nitrogens with one attached hydrogen (secondary N) is 2. The molecule has 0 aliphatic rings. The van der Waals surface area contributed by atoms with Gasteiger partial charge in [-0.2, -0.15) is 4.98 Å². The predicted octanol–water partition coefficient (Wildman–Crippen LogP) is 3.04. The van der Waals surface area contributed by atoms with Crippen LogP contribution in [0.3, 0.4) is 0 Å². The number of anilines is 3. The molecule has 0 aliphatic heterocycles. The molecular formula is C21H24N6O2. The zero-order valence-corrected chi connectivity index (χ0v) is 16.7. The number of hydrogen-bond donors (Lipinski definition) is 2. The molecule has 0 saturated carbocycles. The molecule has 8 nitrogen and oxygen atoms in total. The molecule has 3 aromatic rings. The van der Waals surface area contributed by atoms with Gasteiger partial charge in [0.25, 0.3) is 0 Å². The molecule has 8 heteroatoms. The van der Waals surface area contributed by atoms with Crippen LogP contribution in [0.5, 0.6) is 0 Å². The second kappa shape index (κ2) is 9.61. The van der Waals surface area contributed by atoms with Gasteiger partial charge in [0, 0.05) is 31.0 Å². The molecule has 0 saturated heterocycles. The number of esters is 1. The third-order valence-corrected chi connectivity index (χ3v) is 4.07. The van der Waals surface area contributed by atoms with Crippen LogP contribution in [0.2, 0.25) is 0 Å². The maximum Gasteiger partial charge on any atom is 0.337 e. The van der Waals surface area contributed by atoms with E-state index < -0.39 is 0 Å². The van der Waals surface area contributed by atoms with Crippen molar-refractivity contribution < 1.29 is 9.53 Å². The molecule has 2 aromatic heterocycles. The van der Waals surface area contributed by atoms with Crippen molar-refractivity contribution in [1.82, 2.24) is 19.9 Å². The summed E-state index contributed by atoms with van der Waals surface area (Å²) in [6.07, 6.45) is 1.73. The minimum Gasteiger partial charge on any atom is -0.465 e. The topological polar surface area (TPSA) is 92.3 Å². The number of carbonyl (C=O) groups excluding carboxylic acids is 1. The van der Waals surface area contributed by atoms with Crippen molar-refractivity contribution in [3.8, 4) is 11.4 Å². The average Bonchev–Trinajstić information content (AvgIpc) is 2.74. The number of hydrogen-bond acceptors (Lipinski definition) is 8. The summed E-state index contributed by atoms with van der Waals surface area (Å²) in [6, 6.07) is 14.5. The van der Waals surface area contributed by atoms with Crippen LogP contribution >= 0.6 is 0 Å². The van der Waals surface area contributed by atoms with Gasteiger partial charge in [0.2, 0.25) is 5.95 Å². The summed E-state index contributed by atoms with van der Waals surface area (Å²) >= 11 is 0. The van der Waals surface area contributed by atoms with Crippen LogP contribution in [-0.2, 0) is 4.74 Å². The van der Waals surface area contributed by atoms with E-state index in [1.54, 1.807) is 30.5 Å². The average molecular weight is 392 g/mol. The Hall–Kier alpha value is -3.52. The number of rotatable bonds is 8. The van der Waals surface area contributed by atoms with Crippen molar-refractivity contribution >= 4 is 23.4 Å². The highest BCUT2D eigenvalue weighted by atomic mass is 16.5. The summed E-state index contributed by atoms with van der Waals surface area (Å²) in [5, 5.41) is 6.51. The van der Waals surface area contributed by atoms with Crippen molar-refractivity contribution in [2.24, 2.45) is 0 Å². The fraction of sp³-hybridized carbons (Fsp3) is 0.238. The molecule has 29 heavy (non-hydrogen) atoms. The maximum atomic E-state index is 11.6. The molecule has 2 N–H and O–H groups in total. The van der Waals surface area contributed by atoms with Crippen LogP contribution in [0.1, 0.15) is 10.4 Å². The Balaban J connectivity index is 1.85.